The number of hydrogen-bond acceptors (Lipinski definition) is 2. The van der Waals surface area contributed by atoms with E-state index in [1.165, 1.54) is 57.8 Å². The van der Waals surface area contributed by atoms with E-state index in [9.17, 15) is 5.11 Å². The Kier molecular flexibility index (Phi) is 4.19. The summed E-state index contributed by atoms with van der Waals surface area (Å²) < 4.78 is 0. The molecule has 3 aliphatic rings. The third-order valence-electron chi connectivity index (χ3n) is 6.50. The largest absolute Gasteiger partial charge is 0.393 e. The molecule has 0 amide bonds. The van der Waals surface area contributed by atoms with E-state index in [1.54, 1.807) is 0 Å². The monoisotopic (exact) mass is 265 g/mol. The van der Waals surface area contributed by atoms with Crippen LogP contribution >= 0.6 is 0 Å². The van der Waals surface area contributed by atoms with Crippen LogP contribution in [0, 0.1) is 17.8 Å². The molecule has 2 bridgehead atoms. The molecule has 0 aromatic carbocycles. The fourth-order valence-electron chi connectivity index (χ4n) is 5.13. The summed E-state index contributed by atoms with van der Waals surface area (Å²) in [7, 11) is 2.29. The van der Waals surface area contributed by atoms with Gasteiger partial charge in [0.15, 0.2) is 0 Å². The van der Waals surface area contributed by atoms with Crippen LogP contribution in [-0.2, 0) is 0 Å². The van der Waals surface area contributed by atoms with Crippen molar-refractivity contribution in [1.29, 1.82) is 0 Å². The second-order valence-electron chi connectivity index (χ2n) is 7.47. The molecule has 3 rings (SSSR count). The first-order valence-electron chi connectivity index (χ1n) is 8.59. The molecule has 1 N–H and O–H groups in total. The van der Waals surface area contributed by atoms with Gasteiger partial charge in [-0.25, -0.2) is 0 Å². The van der Waals surface area contributed by atoms with Crippen LogP contribution in [0.15, 0.2) is 0 Å². The van der Waals surface area contributed by atoms with Gasteiger partial charge in [0.2, 0.25) is 0 Å². The molecule has 2 saturated heterocycles. The summed E-state index contributed by atoms with van der Waals surface area (Å²) in [6, 6.07) is 1.54. The average molecular weight is 265 g/mol. The Morgan fingerprint density at radius 1 is 1.00 bits per heavy atom. The number of aliphatic hydroxyl groups is 1. The third kappa shape index (κ3) is 2.71. The van der Waals surface area contributed by atoms with Crippen molar-refractivity contribution < 1.29 is 5.11 Å². The van der Waals surface area contributed by atoms with Crippen LogP contribution in [-0.4, -0.2) is 35.2 Å². The van der Waals surface area contributed by atoms with Crippen LogP contribution in [0.3, 0.4) is 0 Å². The van der Waals surface area contributed by atoms with Crippen molar-refractivity contribution in [1.82, 2.24) is 4.90 Å². The number of piperidine rings is 1. The van der Waals surface area contributed by atoms with Gasteiger partial charge in [0.05, 0.1) is 6.10 Å². The Hall–Kier alpha value is -0.0800. The molecule has 19 heavy (non-hydrogen) atoms. The predicted molar refractivity (Wildman–Crippen MR) is 79.0 cm³/mol. The highest BCUT2D eigenvalue weighted by molar-refractivity contribution is 4.96. The summed E-state index contributed by atoms with van der Waals surface area (Å²) in [6.45, 7) is 2.31. The standard InChI is InChI=1S/C17H31NO/c1-3-12-5-4-6-13(9-12)17(19)14-10-15-7-8-16(11-14)18(15)2/h12-17,19H,3-11H2,1-2H3. The molecule has 110 valence electrons. The average Bonchev–Trinajstić information content (AvgIpc) is 2.68. The van der Waals surface area contributed by atoms with Crippen LogP contribution < -0.4 is 0 Å². The van der Waals surface area contributed by atoms with E-state index in [2.05, 4.69) is 18.9 Å². The van der Waals surface area contributed by atoms with Crippen LogP contribution in [0.2, 0.25) is 0 Å². The SMILES string of the molecule is CCC1CCCC(C(O)C2CC3CCC(C2)N3C)C1. The second kappa shape index (κ2) is 5.73. The van der Waals surface area contributed by atoms with Crippen molar-refractivity contribution in [3.8, 4) is 0 Å². The maximum Gasteiger partial charge on any atom is 0.0597 e. The lowest BCUT2D eigenvalue weighted by Gasteiger charge is -2.42. The lowest BCUT2D eigenvalue weighted by atomic mass is 9.72. The Morgan fingerprint density at radius 2 is 1.68 bits per heavy atom. The third-order valence-corrected chi connectivity index (χ3v) is 6.50. The van der Waals surface area contributed by atoms with E-state index in [0.717, 1.165) is 18.0 Å². The quantitative estimate of drug-likeness (QED) is 0.845. The Labute approximate surface area is 118 Å². The van der Waals surface area contributed by atoms with Crippen molar-refractivity contribution in [2.24, 2.45) is 17.8 Å². The summed E-state index contributed by atoms with van der Waals surface area (Å²) in [4.78, 5) is 2.58. The predicted octanol–water partition coefficient (Wildman–Crippen LogP) is 3.44. The minimum atomic E-state index is -0.00819. The fourth-order valence-corrected chi connectivity index (χ4v) is 5.13. The number of hydrogen-bond donors (Lipinski definition) is 1. The maximum absolute atomic E-state index is 10.8. The zero-order valence-corrected chi connectivity index (χ0v) is 12.7. The highest BCUT2D eigenvalue weighted by Gasteiger charge is 2.42. The second-order valence-corrected chi connectivity index (χ2v) is 7.47. The number of fused-ring (bicyclic) bond motifs is 2. The Morgan fingerprint density at radius 3 is 2.32 bits per heavy atom. The van der Waals surface area contributed by atoms with E-state index >= 15 is 0 Å². The summed E-state index contributed by atoms with van der Waals surface area (Å²) in [5.74, 6) is 2.08. The summed E-state index contributed by atoms with van der Waals surface area (Å²) in [6.07, 6.45) is 11.9. The van der Waals surface area contributed by atoms with E-state index in [0.29, 0.717) is 11.8 Å². The molecule has 2 aliphatic heterocycles. The molecule has 2 nitrogen and oxygen atoms in total. The highest BCUT2D eigenvalue weighted by Crippen LogP contribution is 2.43. The summed E-state index contributed by atoms with van der Waals surface area (Å²) in [5, 5.41) is 10.8. The van der Waals surface area contributed by atoms with E-state index in [1.807, 2.05) is 0 Å². The van der Waals surface area contributed by atoms with Gasteiger partial charge in [-0.2, -0.15) is 0 Å². The first-order chi connectivity index (χ1) is 9.19. The lowest BCUT2D eigenvalue weighted by Crippen LogP contribution is -2.45. The van der Waals surface area contributed by atoms with E-state index in [4.69, 9.17) is 0 Å². The first-order valence-corrected chi connectivity index (χ1v) is 8.59. The molecule has 5 atom stereocenters. The zero-order chi connectivity index (χ0) is 13.4. The molecule has 1 aliphatic carbocycles. The number of aliphatic hydroxyl groups excluding tert-OH is 1. The Balaban J connectivity index is 1.60. The fraction of sp³-hybridized carbons (Fsp3) is 1.00. The minimum absolute atomic E-state index is 0.00819. The van der Waals surface area contributed by atoms with Crippen molar-refractivity contribution in [3.05, 3.63) is 0 Å². The van der Waals surface area contributed by atoms with Crippen molar-refractivity contribution in [2.75, 3.05) is 7.05 Å². The van der Waals surface area contributed by atoms with Gasteiger partial charge in [0.1, 0.15) is 0 Å². The molecule has 2 heterocycles. The first kappa shape index (κ1) is 13.9. The van der Waals surface area contributed by atoms with E-state index < -0.39 is 0 Å². The molecule has 5 unspecified atom stereocenters. The lowest BCUT2D eigenvalue weighted by molar-refractivity contribution is -0.0159. The molecular weight excluding hydrogens is 234 g/mol. The van der Waals surface area contributed by atoms with Crippen LogP contribution in [0.4, 0.5) is 0 Å². The maximum atomic E-state index is 10.8. The number of rotatable bonds is 3. The smallest absolute Gasteiger partial charge is 0.0597 e. The van der Waals surface area contributed by atoms with Gasteiger partial charge in [-0.15, -0.1) is 0 Å². The van der Waals surface area contributed by atoms with E-state index in [-0.39, 0.29) is 6.10 Å². The Bertz CT molecular complexity index is 292. The van der Waals surface area contributed by atoms with Gasteiger partial charge in [0.25, 0.3) is 0 Å². The van der Waals surface area contributed by atoms with Crippen molar-refractivity contribution in [3.63, 3.8) is 0 Å². The molecule has 1 saturated carbocycles. The highest BCUT2D eigenvalue weighted by atomic mass is 16.3. The molecule has 0 aromatic rings. The summed E-state index contributed by atoms with van der Waals surface area (Å²) in [5.41, 5.74) is 0. The zero-order valence-electron chi connectivity index (χ0n) is 12.7. The molecule has 0 radical (unpaired) electrons. The van der Waals surface area contributed by atoms with Gasteiger partial charge in [0, 0.05) is 12.1 Å². The van der Waals surface area contributed by atoms with Gasteiger partial charge >= 0.3 is 0 Å². The molecule has 2 heteroatoms. The van der Waals surface area contributed by atoms with Gasteiger partial charge < -0.3 is 10.0 Å². The van der Waals surface area contributed by atoms with Crippen LogP contribution in [0.1, 0.15) is 64.7 Å². The van der Waals surface area contributed by atoms with Crippen molar-refractivity contribution in [2.45, 2.75) is 82.9 Å². The van der Waals surface area contributed by atoms with Gasteiger partial charge in [-0.05, 0) is 63.3 Å². The van der Waals surface area contributed by atoms with Crippen LogP contribution in [0.5, 0.6) is 0 Å². The van der Waals surface area contributed by atoms with Crippen molar-refractivity contribution >= 4 is 0 Å². The summed E-state index contributed by atoms with van der Waals surface area (Å²) >= 11 is 0. The molecule has 0 aromatic heterocycles. The normalized spacial score (nSPS) is 45.3. The minimum Gasteiger partial charge on any atom is -0.393 e. The number of nitrogens with zero attached hydrogens (tertiary/aromatic N) is 1. The molecule has 0 spiro atoms. The topological polar surface area (TPSA) is 23.5 Å². The molecular formula is C17H31NO. The molecule has 3 fully saturated rings. The van der Waals surface area contributed by atoms with Gasteiger partial charge in [-0.3, -0.25) is 0 Å². The van der Waals surface area contributed by atoms with Gasteiger partial charge in [-0.1, -0.05) is 26.2 Å². The van der Waals surface area contributed by atoms with Crippen LogP contribution in [0.25, 0.3) is 0 Å².